The van der Waals surface area contributed by atoms with Crippen LogP contribution in [0.3, 0.4) is 0 Å². The summed E-state index contributed by atoms with van der Waals surface area (Å²) < 4.78 is 25.9. The summed E-state index contributed by atoms with van der Waals surface area (Å²) in [6, 6.07) is 10.9. The summed E-state index contributed by atoms with van der Waals surface area (Å²) in [6.07, 6.45) is 1.88. The second kappa shape index (κ2) is 18.1. The average molecular weight is 733 g/mol. The van der Waals surface area contributed by atoms with Crippen LogP contribution < -0.4 is 30.9 Å². The van der Waals surface area contributed by atoms with E-state index in [0.717, 1.165) is 21.7 Å². The number of hydrogen-bond acceptors (Lipinski definition) is 8. The Balaban J connectivity index is 1.84. The largest absolute Gasteiger partial charge is 0.355 e. The van der Waals surface area contributed by atoms with Crippen LogP contribution in [-0.2, 0) is 26.0 Å². The highest BCUT2D eigenvalue weighted by molar-refractivity contribution is 7.92. The molecule has 4 amide bonds. The van der Waals surface area contributed by atoms with E-state index in [9.17, 15) is 27.6 Å². The van der Waals surface area contributed by atoms with Crippen LogP contribution in [0.4, 0.5) is 5.69 Å². The fourth-order valence-electron chi connectivity index (χ4n) is 4.88. The van der Waals surface area contributed by atoms with Gasteiger partial charge in [-0.1, -0.05) is 30.7 Å². The molecule has 49 heavy (non-hydrogen) atoms. The van der Waals surface area contributed by atoms with E-state index in [-0.39, 0.29) is 35.2 Å². The molecule has 0 aliphatic heterocycles. The minimum atomic E-state index is -3.73. The van der Waals surface area contributed by atoms with E-state index in [1.165, 1.54) is 36.6 Å². The molecular formula is C34H45ClN6O6S2. The summed E-state index contributed by atoms with van der Waals surface area (Å²) in [5.41, 5.74) is 2.03. The molecule has 5 N–H and O–H groups in total. The molecule has 1 heterocycles. The van der Waals surface area contributed by atoms with Crippen LogP contribution in [0.5, 0.6) is 0 Å². The first-order valence-electron chi connectivity index (χ1n) is 15.9. The first-order chi connectivity index (χ1) is 23.1. The Kier molecular flexibility index (Phi) is 14.6. The molecule has 3 aromatic rings. The van der Waals surface area contributed by atoms with Crippen molar-refractivity contribution in [2.75, 3.05) is 30.7 Å². The summed E-state index contributed by atoms with van der Waals surface area (Å²) in [5, 5.41) is 18.9. The molecule has 0 saturated carbocycles. The topological polar surface area (TPSA) is 166 Å². The summed E-state index contributed by atoms with van der Waals surface area (Å²) in [7, 11) is -2.39. The first-order valence-corrected chi connectivity index (χ1v) is 19.1. The van der Waals surface area contributed by atoms with E-state index >= 15 is 0 Å². The van der Waals surface area contributed by atoms with E-state index in [4.69, 9.17) is 11.6 Å². The zero-order chi connectivity index (χ0) is 36.3. The van der Waals surface area contributed by atoms with E-state index in [1.54, 1.807) is 39.0 Å². The molecule has 0 radical (unpaired) electrons. The van der Waals surface area contributed by atoms with Crippen molar-refractivity contribution in [1.82, 2.24) is 26.6 Å². The molecule has 2 aromatic carbocycles. The SMILES string of the molecule is CCNC(=O)[C@H](CC)NC(=O)C(C)NC[C@H](Cc1ccsc1)NC(=O)c1cc(C(=O)N[C@H](C)c2cccc(Cl)c2)cc(N(C)S(C)(=O)=O)c1. The number of carbonyl (C=O) groups excluding carboxylic acids is 4. The minimum Gasteiger partial charge on any atom is -0.355 e. The summed E-state index contributed by atoms with van der Waals surface area (Å²) in [6.45, 7) is 7.71. The maximum atomic E-state index is 13.8. The van der Waals surface area contributed by atoms with Crippen molar-refractivity contribution in [1.29, 1.82) is 0 Å². The van der Waals surface area contributed by atoms with Crippen LogP contribution in [0.1, 0.15) is 72.0 Å². The van der Waals surface area contributed by atoms with Crippen molar-refractivity contribution in [3.8, 4) is 0 Å². The zero-order valence-corrected chi connectivity index (χ0v) is 30.9. The molecule has 0 bridgehead atoms. The highest BCUT2D eigenvalue weighted by Crippen LogP contribution is 2.23. The number of nitrogens with zero attached hydrogens (tertiary/aromatic N) is 1. The smallest absolute Gasteiger partial charge is 0.251 e. The predicted octanol–water partition coefficient (Wildman–Crippen LogP) is 3.64. The Labute approximate surface area is 297 Å². The molecule has 12 nitrogen and oxygen atoms in total. The van der Waals surface area contributed by atoms with Gasteiger partial charge >= 0.3 is 0 Å². The Morgan fingerprint density at radius 3 is 2.16 bits per heavy atom. The maximum Gasteiger partial charge on any atom is 0.251 e. The standard InChI is InChI=1S/C34H45ClN6O6S2/c1-7-30(34(45)36-8-2)40-31(42)22(4)37-19-28(14-23-12-13-48-20-23)39-33(44)26-15-25(17-29(18-26)41(5)49(6,46)47)32(43)38-21(3)24-10-9-11-27(35)16-24/h9-13,15-18,20-22,28,30,37H,7-8,14,19H2,1-6H3,(H,36,45)(H,38,43)(H,39,44)(H,40,42)/t21-,22?,28+,30+/m1/s1. The van der Waals surface area contributed by atoms with Gasteiger partial charge in [0.15, 0.2) is 0 Å². The molecule has 266 valence electrons. The van der Waals surface area contributed by atoms with E-state index in [1.807, 2.05) is 29.8 Å². The molecule has 0 aliphatic rings. The third-order valence-corrected chi connectivity index (χ3v) is 10.0. The minimum absolute atomic E-state index is 0.0717. The van der Waals surface area contributed by atoms with Gasteiger partial charge in [0.25, 0.3) is 11.8 Å². The van der Waals surface area contributed by atoms with Gasteiger partial charge in [0.2, 0.25) is 21.8 Å². The van der Waals surface area contributed by atoms with Crippen LogP contribution in [0.15, 0.2) is 59.3 Å². The third kappa shape index (κ3) is 11.8. The lowest BCUT2D eigenvalue weighted by Crippen LogP contribution is -2.53. The maximum absolute atomic E-state index is 13.8. The predicted molar refractivity (Wildman–Crippen MR) is 195 cm³/mol. The lowest BCUT2D eigenvalue weighted by molar-refractivity contribution is -0.129. The Bertz CT molecular complexity index is 1720. The van der Waals surface area contributed by atoms with Gasteiger partial charge in [0, 0.05) is 42.3 Å². The highest BCUT2D eigenvalue weighted by Gasteiger charge is 2.24. The van der Waals surface area contributed by atoms with Crippen molar-refractivity contribution in [3.63, 3.8) is 0 Å². The van der Waals surface area contributed by atoms with Crippen molar-refractivity contribution >= 4 is 62.3 Å². The highest BCUT2D eigenvalue weighted by atomic mass is 35.5. The number of likely N-dealkylation sites (N-methyl/N-ethyl adjacent to an activating group) is 1. The van der Waals surface area contributed by atoms with Crippen LogP contribution in [0.2, 0.25) is 5.02 Å². The number of rotatable bonds is 17. The zero-order valence-electron chi connectivity index (χ0n) is 28.5. The Morgan fingerprint density at radius 2 is 1.59 bits per heavy atom. The molecule has 0 aliphatic carbocycles. The van der Waals surface area contributed by atoms with Crippen LogP contribution >= 0.6 is 22.9 Å². The van der Waals surface area contributed by atoms with E-state index in [2.05, 4.69) is 26.6 Å². The quantitative estimate of drug-likeness (QED) is 0.141. The molecule has 3 rings (SSSR count). The molecule has 1 aromatic heterocycles. The van der Waals surface area contributed by atoms with E-state index < -0.39 is 46.0 Å². The van der Waals surface area contributed by atoms with Gasteiger partial charge in [-0.3, -0.25) is 23.5 Å². The molecular weight excluding hydrogens is 688 g/mol. The third-order valence-electron chi connectivity index (χ3n) is 7.85. The van der Waals surface area contributed by atoms with Crippen LogP contribution in [-0.4, -0.2) is 76.6 Å². The number of anilines is 1. The molecule has 0 saturated heterocycles. The second-order valence-corrected chi connectivity index (χ2v) is 15.0. The normalized spacial score (nSPS) is 13.8. The lowest BCUT2D eigenvalue weighted by Gasteiger charge is -2.24. The van der Waals surface area contributed by atoms with Gasteiger partial charge < -0.3 is 26.6 Å². The van der Waals surface area contributed by atoms with Gasteiger partial charge in [0.1, 0.15) is 6.04 Å². The number of hydrogen-bond donors (Lipinski definition) is 5. The van der Waals surface area contributed by atoms with Crippen molar-refractivity contribution < 1.29 is 27.6 Å². The van der Waals surface area contributed by atoms with E-state index in [0.29, 0.717) is 24.4 Å². The number of benzene rings is 2. The molecule has 1 unspecified atom stereocenters. The molecule has 15 heteroatoms. The number of sulfonamides is 1. The average Bonchev–Trinajstić information content (AvgIpc) is 3.57. The van der Waals surface area contributed by atoms with Crippen LogP contribution in [0, 0.1) is 0 Å². The number of amides is 4. The number of nitrogens with one attached hydrogen (secondary N) is 5. The molecule has 0 spiro atoms. The number of thiophene rings is 1. The van der Waals surface area contributed by atoms with Crippen molar-refractivity contribution in [2.45, 2.75) is 64.7 Å². The summed E-state index contributed by atoms with van der Waals surface area (Å²) in [5.74, 6) is -1.68. The lowest BCUT2D eigenvalue weighted by atomic mass is 10.0. The number of carbonyl (C=O) groups is 4. The number of halogens is 1. The Hall–Kier alpha value is -3.98. The first kappa shape index (κ1) is 39.5. The van der Waals surface area contributed by atoms with Gasteiger partial charge in [-0.2, -0.15) is 11.3 Å². The van der Waals surface area contributed by atoms with Crippen molar-refractivity contribution in [3.05, 3.63) is 86.6 Å². The van der Waals surface area contributed by atoms with Crippen LogP contribution in [0.25, 0.3) is 0 Å². The second-order valence-electron chi connectivity index (χ2n) is 11.7. The fourth-order valence-corrected chi connectivity index (χ4v) is 6.25. The monoisotopic (exact) mass is 732 g/mol. The van der Waals surface area contributed by atoms with Gasteiger partial charge in [-0.05, 0) is 91.9 Å². The molecule has 0 fully saturated rings. The Morgan fingerprint density at radius 1 is 0.918 bits per heavy atom. The van der Waals surface area contributed by atoms with Gasteiger partial charge in [-0.25, -0.2) is 8.42 Å². The molecule has 4 atom stereocenters. The summed E-state index contributed by atoms with van der Waals surface area (Å²) in [4.78, 5) is 52.5. The van der Waals surface area contributed by atoms with Crippen molar-refractivity contribution in [2.24, 2.45) is 0 Å². The van der Waals surface area contributed by atoms with Gasteiger partial charge in [-0.15, -0.1) is 0 Å². The fraction of sp³-hybridized carbons (Fsp3) is 0.412. The summed E-state index contributed by atoms with van der Waals surface area (Å²) >= 11 is 7.64. The van der Waals surface area contributed by atoms with Gasteiger partial charge in [0.05, 0.1) is 24.0 Å².